The number of Topliss-reactive ketones (excluding diaryl/α,β-unsaturated/α-hetero) is 1. The number of nitrogens with zero attached hydrogens (tertiary/aromatic N) is 2. The molecule has 1 heterocycles. The van der Waals surface area contributed by atoms with Crippen molar-refractivity contribution in [2.24, 2.45) is 5.92 Å². The van der Waals surface area contributed by atoms with Crippen molar-refractivity contribution in [1.82, 2.24) is 9.78 Å². The Morgan fingerprint density at radius 3 is 2.42 bits per heavy atom. The Hall–Kier alpha value is -2.51. The standard InChI is InChI=1S/C23H22ClFN2O3S/c1-15-2-7-18(8-3-15)27-14-16(23(24)26-27)4-12-21(28)20-11-13-22(20)31(29,30)19-9-5-17(25)6-10-19/h2-3,5-10,14,20,22H,4,11-13H2,1H3/t20-,22-/m0/s1. The minimum absolute atomic E-state index is 0.0545. The van der Waals surface area contributed by atoms with Gasteiger partial charge in [-0.2, -0.15) is 5.10 Å². The molecule has 0 aliphatic heterocycles. The van der Waals surface area contributed by atoms with E-state index < -0.39 is 26.8 Å². The molecule has 1 aliphatic rings. The first-order valence-corrected chi connectivity index (χ1v) is 12.0. The lowest BCUT2D eigenvalue weighted by Gasteiger charge is -2.35. The van der Waals surface area contributed by atoms with Crippen molar-refractivity contribution >= 4 is 27.2 Å². The lowest BCUT2D eigenvalue weighted by molar-refractivity contribution is -0.124. The van der Waals surface area contributed by atoms with Crippen LogP contribution in [0.1, 0.15) is 30.4 Å². The summed E-state index contributed by atoms with van der Waals surface area (Å²) in [5.74, 6) is -1.13. The van der Waals surface area contributed by atoms with Crippen molar-refractivity contribution in [2.45, 2.75) is 42.8 Å². The van der Waals surface area contributed by atoms with Crippen LogP contribution >= 0.6 is 11.6 Å². The van der Waals surface area contributed by atoms with Crippen LogP contribution in [-0.4, -0.2) is 29.2 Å². The third-order valence-corrected chi connectivity index (χ3v) is 8.45. The van der Waals surface area contributed by atoms with Gasteiger partial charge in [0.25, 0.3) is 0 Å². The van der Waals surface area contributed by atoms with Gasteiger partial charge in [-0.15, -0.1) is 0 Å². The van der Waals surface area contributed by atoms with Crippen molar-refractivity contribution < 1.29 is 17.6 Å². The van der Waals surface area contributed by atoms with Gasteiger partial charge in [-0.1, -0.05) is 29.3 Å². The minimum atomic E-state index is -3.67. The van der Waals surface area contributed by atoms with Gasteiger partial charge in [0.1, 0.15) is 11.6 Å². The van der Waals surface area contributed by atoms with Crippen LogP contribution in [-0.2, 0) is 21.1 Å². The molecule has 0 amide bonds. The SMILES string of the molecule is Cc1ccc(-n2cc(CCC(=O)[C@@H]3CC[C@@H]3S(=O)(=O)c3ccc(F)cc3)c(Cl)n2)cc1. The minimum Gasteiger partial charge on any atom is -0.299 e. The summed E-state index contributed by atoms with van der Waals surface area (Å²) in [6.07, 6.45) is 3.36. The fourth-order valence-corrected chi connectivity index (χ4v) is 6.09. The molecule has 162 valence electrons. The van der Waals surface area contributed by atoms with E-state index in [1.165, 1.54) is 12.1 Å². The lowest BCUT2D eigenvalue weighted by atomic mass is 9.80. The number of carbonyl (C=O) groups excluding carboxylic acids is 1. The van der Waals surface area contributed by atoms with Crippen LogP contribution in [0.25, 0.3) is 5.69 Å². The topological polar surface area (TPSA) is 69.0 Å². The fraction of sp³-hybridized carbons (Fsp3) is 0.304. The van der Waals surface area contributed by atoms with Gasteiger partial charge in [-0.25, -0.2) is 17.5 Å². The van der Waals surface area contributed by atoms with E-state index in [9.17, 15) is 17.6 Å². The fourth-order valence-electron chi connectivity index (χ4n) is 3.84. The van der Waals surface area contributed by atoms with E-state index in [1.807, 2.05) is 31.2 Å². The van der Waals surface area contributed by atoms with Crippen LogP contribution in [0.3, 0.4) is 0 Å². The summed E-state index contributed by atoms with van der Waals surface area (Å²) >= 11 is 6.26. The van der Waals surface area contributed by atoms with Crippen LogP contribution in [0, 0.1) is 18.7 Å². The molecule has 8 heteroatoms. The van der Waals surface area contributed by atoms with E-state index >= 15 is 0 Å². The van der Waals surface area contributed by atoms with Gasteiger partial charge < -0.3 is 0 Å². The van der Waals surface area contributed by atoms with Gasteiger partial charge in [0.2, 0.25) is 0 Å². The van der Waals surface area contributed by atoms with Crippen molar-refractivity contribution in [3.05, 3.63) is 76.8 Å². The molecular weight excluding hydrogens is 439 g/mol. The van der Waals surface area contributed by atoms with Gasteiger partial charge in [-0.05, 0) is 62.6 Å². The molecule has 3 aromatic rings. The Bertz CT molecular complexity index is 1200. The van der Waals surface area contributed by atoms with Crippen molar-refractivity contribution in [3.63, 3.8) is 0 Å². The average Bonchev–Trinajstić information content (AvgIpc) is 3.06. The Balaban J connectivity index is 1.42. The molecule has 31 heavy (non-hydrogen) atoms. The number of hydrogen-bond acceptors (Lipinski definition) is 4. The maximum absolute atomic E-state index is 13.1. The zero-order chi connectivity index (χ0) is 22.2. The summed E-state index contributed by atoms with van der Waals surface area (Å²) in [7, 11) is -3.67. The number of benzene rings is 2. The van der Waals surface area contributed by atoms with Crippen LogP contribution in [0.4, 0.5) is 4.39 Å². The highest BCUT2D eigenvalue weighted by atomic mass is 35.5. The summed E-state index contributed by atoms with van der Waals surface area (Å²) in [5, 5.41) is 3.89. The number of sulfone groups is 1. The molecule has 5 nitrogen and oxygen atoms in total. The molecule has 0 N–H and O–H groups in total. The number of ketones is 1. The molecule has 2 atom stereocenters. The number of rotatable bonds is 7. The Labute approximate surface area is 185 Å². The molecule has 0 spiro atoms. The van der Waals surface area contributed by atoms with Crippen LogP contribution in [0.2, 0.25) is 5.15 Å². The summed E-state index contributed by atoms with van der Waals surface area (Å²) in [4.78, 5) is 12.8. The second-order valence-corrected chi connectivity index (χ2v) is 10.4. The van der Waals surface area contributed by atoms with Crippen LogP contribution in [0.15, 0.2) is 59.6 Å². The van der Waals surface area contributed by atoms with Crippen molar-refractivity contribution in [3.8, 4) is 5.69 Å². The predicted octanol–water partition coefficient (Wildman–Crippen LogP) is 4.73. The Kier molecular flexibility index (Phi) is 5.99. The first kappa shape index (κ1) is 21.7. The molecule has 0 bridgehead atoms. The highest BCUT2D eigenvalue weighted by molar-refractivity contribution is 7.92. The summed E-state index contributed by atoms with van der Waals surface area (Å²) in [5.41, 5.74) is 2.75. The molecule has 0 radical (unpaired) electrons. The number of aryl methyl sites for hydroxylation is 2. The highest BCUT2D eigenvalue weighted by Crippen LogP contribution is 2.38. The third-order valence-electron chi connectivity index (χ3n) is 5.84. The number of carbonyl (C=O) groups is 1. The predicted molar refractivity (Wildman–Crippen MR) is 117 cm³/mol. The van der Waals surface area contributed by atoms with Crippen molar-refractivity contribution in [1.29, 1.82) is 0 Å². The number of halogens is 2. The normalized spacial score (nSPS) is 18.5. The number of hydrogen-bond donors (Lipinski definition) is 0. The monoisotopic (exact) mass is 460 g/mol. The second kappa shape index (κ2) is 8.55. The molecule has 1 saturated carbocycles. The average molecular weight is 461 g/mol. The van der Waals surface area contributed by atoms with Gasteiger partial charge in [0.05, 0.1) is 15.8 Å². The van der Waals surface area contributed by atoms with Gasteiger partial charge >= 0.3 is 0 Å². The quantitative estimate of drug-likeness (QED) is 0.478. The summed E-state index contributed by atoms with van der Waals surface area (Å²) < 4.78 is 40.5. The first-order chi connectivity index (χ1) is 14.8. The third kappa shape index (κ3) is 4.43. The zero-order valence-corrected chi connectivity index (χ0v) is 18.5. The molecule has 2 aromatic carbocycles. The first-order valence-electron chi connectivity index (χ1n) is 10.1. The molecule has 0 unspecified atom stereocenters. The highest BCUT2D eigenvalue weighted by Gasteiger charge is 2.44. The van der Waals surface area contributed by atoms with E-state index in [1.54, 1.807) is 10.9 Å². The Morgan fingerprint density at radius 2 is 1.81 bits per heavy atom. The molecule has 1 fully saturated rings. The van der Waals surface area contributed by atoms with E-state index in [-0.39, 0.29) is 17.1 Å². The summed E-state index contributed by atoms with van der Waals surface area (Å²) in [6.45, 7) is 2.00. The molecule has 1 aliphatic carbocycles. The summed E-state index contributed by atoms with van der Waals surface area (Å²) in [6, 6.07) is 12.6. The van der Waals surface area contributed by atoms with E-state index in [0.29, 0.717) is 24.4 Å². The Morgan fingerprint density at radius 1 is 1.13 bits per heavy atom. The lowest BCUT2D eigenvalue weighted by Crippen LogP contribution is -2.43. The largest absolute Gasteiger partial charge is 0.299 e. The number of aromatic nitrogens is 2. The molecule has 1 aromatic heterocycles. The van der Waals surface area contributed by atoms with E-state index in [4.69, 9.17) is 11.6 Å². The van der Waals surface area contributed by atoms with Gasteiger partial charge in [0, 0.05) is 24.1 Å². The maximum Gasteiger partial charge on any atom is 0.181 e. The van der Waals surface area contributed by atoms with Gasteiger partial charge in [0.15, 0.2) is 15.0 Å². The second-order valence-electron chi connectivity index (χ2n) is 7.91. The maximum atomic E-state index is 13.1. The van der Waals surface area contributed by atoms with E-state index in [2.05, 4.69) is 5.10 Å². The van der Waals surface area contributed by atoms with Crippen molar-refractivity contribution in [2.75, 3.05) is 0 Å². The van der Waals surface area contributed by atoms with Crippen LogP contribution < -0.4 is 0 Å². The molecule has 0 saturated heterocycles. The smallest absolute Gasteiger partial charge is 0.181 e. The zero-order valence-electron chi connectivity index (χ0n) is 17.0. The van der Waals surface area contributed by atoms with E-state index in [0.717, 1.165) is 28.9 Å². The molecular formula is C23H22ClFN2O3S. The van der Waals surface area contributed by atoms with Crippen LogP contribution in [0.5, 0.6) is 0 Å². The van der Waals surface area contributed by atoms with Gasteiger partial charge in [-0.3, -0.25) is 4.79 Å². The molecule has 4 rings (SSSR count).